The van der Waals surface area contributed by atoms with Crippen molar-refractivity contribution in [1.82, 2.24) is 0 Å². The van der Waals surface area contributed by atoms with Crippen molar-refractivity contribution in [2.75, 3.05) is 0 Å². The molecule has 1 aliphatic rings. The number of amides is 1. The Hall–Kier alpha value is -1.09. The van der Waals surface area contributed by atoms with Crippen molar-refractivity contribution in [3.8, 4) is 0 Å². The van der Waals surface area contributed by atoms with Gasteiger partial charge in [0, 0.05) is 0 Å². The zero-order chi connectivity index (χ0) is 8.39. The van der Waals surface area contributed by atoms with Gasteiger partial charge in [0.1, 0.15) is 5.25 Å². The van der Waals surface area contributed by atoms with Crippen LogP contribution >= 0.6 is 11.8 Å². The predicted octanol–water partition coefficient (Wildman–Crippen LogP) is 2.03. The third-order valence-corrected chi connectivity index (χ3v) is 2.68. The monoisotopic (exact) mass is 177 g/mol. The van der Waals surface area contributed by atoms with E-state index in [1.165, 1.54) is 11.8 Å². The number of aliphatic imine (C=N–C) groups is 1. The molecule has 1 unspecified atom stereocenters. The minimum atomic E-state index is -0.105. The van der Waals surface area contributed by atoms with Gasteiger partial charge in [-0.15, -0.1) is 0 Å². The van der Waals surface area contributed by atoms with Gasteiger partial charge < -0.3 is 0 Å². The lowest BCUT2D eigenvalue weighted by atomic mass is 10.1. The standard InChI is InChI=1S/C9H7NOS/c11-9-8(12-6-10-9)7-4-2-1-3-5-7/h1-6,8H. The Morgan fingerprint density at radius 2 is 2.00 bits per heavy atom. The highest BCUT2D eigenvalue weighted by Crippen LogP contribution is 2.32. The average molecular weight is 177 g/mol. The Morgan fingerprint density at radius 3 is 2.58 bits per heavy atom. The van der Waals surface area contributed by atoms with Gasteiger partial charge in [0.25, 0.3) is 5.91 Å². The second kappa shape index (κ2) is 3.11. The van der Waals surface area contributed by atoms with Crippen LogP contribution in [0.3, 0.4) is 0 Å². The minimum Gasteiger partial charge on any atom is -0.271 e. The topological polar surface area (TPSA) is 29.4 Å². The third kappa shape index (κ3) is 1.28. The molecule has 1 atom stereocenters. The number of carbonyl (C=O) groups is 1. The van der Waals surface area contributed by atoms with E-state index in [2.05, 4.69) is 4.99 Å². The molecule has 1 aromatic rings. The van der Waals surface area contributed by atoms with Gasteiger partial charge in [-0.05, 0) is 5.56 Å². The van der Waals surface area contributed by atoms with Crippen molar-refractivity contribution in [3.05, 3.63) is 35.9 Å². The lowest BCUT2D eigenvalue weighted by Crippen LogP contribution is -2.00. The van der Waals surface area contributed by atoms with Gasteiger partial charge >= 0.3 is 0 Å². The van der Waals surface area contributed by atoms with Gasteiger partial charge in [0.2, 0.25) is 0 Å². The fourth-order valence-corrected chi connectivity index (χ4v) is 1.90. The number of nitrogens with zero attached hydrogens (tertiary/aromatic N) is 1. The first-order valence-electron chi connectivity index (χ1n) is 3.65. The molecule has 0 radical (unpaired) electrons. The van der Waals surface area contributed by atoms with Crippen molar-refractivity contribution in [1.29, 1.82) is 0 Å². The first-order chi connectivity index (χ1) is 5.88. The summed E-state index contributed by atoms with van der Waals surface area (Å²) in [6.07, 6.45) is 0. The summed E-state index contributed by atoms with van der Waals surface area (Å²) in [4.78, 5) is 14.8. The maximum absolute atomic E-state index is 11.2. The van der Waals surface area contributed by atoms with Crippen molar-refractivity contribution in [3.63, 3.8) is 0 Å². The number of carbonyl (C=O) groups excluding carboxylic acids is 1. The Labute approximate surface area is 74.7 Å². The summed E-state index contributed by atoms with van der Waals surface area (Å²) in [7, 11) is 0. The molecule has 0 bridgehead atoms. The van der Waals surface area contributed by atoms with Crippen molar-refractivity contribution < 1.29 is 4.79 Å². The summed E-state index contributed by atoms with van der Waals surface area (Å²) in [6, 6.07) is 9.70. The normalized spacial score (nSPS) is 21.7. The molecule has 0 spiro atoms. The Morgan fingerprint density at radius 1 is 1.25 bits per heavy atom. The van der Waals surface area contributed by atoms with Gasteiger partial charge in [0.15, 0.2) is 0 Å². The first-order valence-corrected chi connectivity index (χ1v) is 4.59. The molecule has 0 fully saturated rings. The fourth-order valence-electron chi connectivity index (χ4n) is 1.12. The molecule has 12 heavy (non-hydrogen) atoms. The Kier molecular flexibility index (Phi) is 1.96. The molecule has 1 aromatic carbocycles. The van der Waals surface area contributed by atoms with E-state index < -0.39 is 0 Å². The summed E-state index contributed by atoms with van der Waals surface area (Å²) >= 11 is 1.46. The van der Waals surface area contributed by atoms with E-state index in [9.17, 15) is 4.79 Å². The maximum Gasteiger partial charge on any atom is 0.264 e. The smallest absolute Gasteiger partial charge is 0.264 e. The highest BCUT2D eigenvalue weighted by atomic mass is 32.2. The van der Waals surface area contributed by atoms with E-state index in [4.69, 9.17) is 0 Å². The summed E-state index contributed by atoms with van der Waals surface area (Å²) in [6.45, 7) is 0. The molecule has 1 amide bonds. The zero-order valence-electron chi connectivity index (χ0n) is 6.31. The summed E-state index contributed by atoms with van der Waals surface area (Å²) in [5, 5.41) is -0.105. The maximum atomic E-state index is 11.2. The molecule has 2 nitrogen and oxygen atoms in total. The summed E-state index contributed by atoms with van der Waals surface area (Å²) < 4.78 is 0. The Balaban J connectivity index is 2.27. The molecule has 3 heteroatoms. The van der Waals surface area contributed by atoms with Crippen molar-refractivity contribution in [2.24, 2.45) is 4.99 Å². The minimum absolute atomic E-state index is 0.0498. The van der Waals surface area contributed by atoms with E-state index >= 15 is 0 Å². The number of rotatable bonds is 1. The van der Waals surface area contributed by atoms with E-state index in [0.29, 0.717) is 0 Å². The van der Waals surface area contributed by atoms with Crippen molar-refractivity contribution in [2.45, 2.75) is 5.25 Å². The van der Waals surface area contributed by atoms with Gasteiger partial charge in [-0.25, -0.2) is 4.99 Å². The second-order valence-corrected chi connectivity index (χ2v) is 3.45. The average Bonchev–Trinajstić information content (AvgIpc) is 2.53. The molecule has 0 saturated carbocycles. The van der Waals surface area contributed by atoms with Gasteiger partial charge in [-0.2, -0.15) is 0 Å². The van der Waals surface area contributed by atoms with E-state index in [-0.39, 0.29) is 11.2 Å². The van der Waals surface area contributed by atoms with Gasteiger partial charge in [-0.1, -0.05) is 42.1 Å². The molecule has 1 aliphatic heterocycles. The molecule has 2 rings (SSSR count). The quantitative estimate of drug-likeness (QED) is 0.656. The van der Waals surface area contributed by atoms with Crippen LogP contribution in [0.15, 0.2) is 35.3 Å². The molecule has 0 N–H and O–H groups in total. The number of thioether (sulfide) groups is 1. The number of hydrogen-bond acceptors (Lipinski definition) is 2. The summed E-state index contributed by atoms with van der Waals surface area (Å²) in [5.74, 6) is -0.0498. The Bertz CT molecular complexity index is 321. The van der Waals surface area contributed by atoms with Crippen LogP contribution in [0.2, 0.25) is 0 Å². The lowest BCUT2D eigenvalue weighted by Gasteiger charge is -2.04. The van der Waals surface area contributed by atoms with E-state index in [0.717, 1.165) is 5.56 Å². The second-order valence-electron chi connectivity index (χ2n) is 2.50. The van der Waals surface area contributed by atoms with Crippen molar-refractivity contribution >= 4 is 23.2 Å². The van der Waals surface area contributed by atoms with Crippen LogP contribution in [-0.4, -0.2) is 11.5 Å². The fraction of sp³-hybridized carbons (Fsp3) is 0.111. The first kappa shape index (κ1) is 7.55. The number of hydrogen-bond donors (Lipinski definition) is 0. The van der Waals surface area contributed by atoms with Crippen LogP contribution in [0.5, 0.6) is 0 Å². The zero-order valence-corrected chi connectivity index (χ0v) is 7.12. The van der Waals surface area contributed by atoms with Crippen LogP contribution in [0, 0.1) is 0 Å². The molecule has 0 aliphatic carbocycles. The van der Waals surface area contributed by atoms with Gasteiger partial charge in [0.05, 0.1) is 5.55 Å². The molecule has 0 aromatic heterocycles. The molecule has 60 valence electrons. The lowest BCUT2D eigenvalue weighted by molar-refractivity contribution is -0.117. The molecule has 1 heterocycles. The van der Waals surface area contributed by atoms with Crippen LogP contribution < -0.4 is 0 Å². The van der Waals surface area contributed by atoms with Crippen LogP contribution in [-0.2, 0) is 4.79 Å². The SMILES string of the molecule is O=C1N=CSC1c1ccccc1. The molecular formula is C9H7NOS. The highest BCUT2D eigenvalue weighted by molar-refractivity contribution is 8.13. The van der Waals surface area contributed by atoms with E-state index in [1.807, 2.05) is 30.3 Å². The molecule has 0 saturated heterocycles. The predicted molar refractivity (Wildman–Crippen MR) is 50.3 cm³/mol. The highest BCUT2D eigenvalue weighted by Gasteiger charge is 2.23. The largest absolute Gasteiger partial charge is 0.271 e. The van der Waals surface area contributed by atoms with E-state index in [1.54, 1.807) is 5.55 Å². The third-order valence-electron chi connectivity index (χ3n) is 1.70. The van der Waals surface area contributed by atoms with Crippen LogP contribution in [0.4, 0.5) is 0 Å². The van der Waals surface area contributed by atoms with Gasteiger partial charge in [-0.3, -0.25) is 4.79 Å². The molecular weight excluding hydrogens is 170 g/mol. The van der Waals surface area contributed by atoms with Crippen LogP contribution in [0.1, 0.15) is 10.8 Å². The summed E-state index contributed by atoms with van der Waals surface area (Å²) in [5.41, 5.74) is 2.64. The number of benzene rings is 1. The van der Waals surface area contributed by atoms with Crippen LogP contribution in [0.25, 0.3) is 0 Å².